The van der Waals surface area contributed by atoms with E-state index in [4.69, 9.17) is 10.00 Å². The minimum absolute atomic E-state index is 0.567. The van der Waals surface area contributed by atoms with E-state index in [1.807, 2.05) is 12.1 Å². The summed E-state index contributed by atoms with van der Waals surface area (Å²) < 4.78 is 5.42. The molecule has 1 fully saturated rings. The first-order valence-electron chi connectivity index (χ1n) is 8.26. The number of nitrogens with zero attached hydrogens (tertiary/aromatic N) is 4. The van der Waals surface area contributed by atoms with Crippen molar-refractivity contribution < 1.29 is 4.74 Å². The third-order valence-corrected chi connectivity index (χ3v) is 3.85. The van der Waals surface area contributed by atoms with Crippen molar-refractivity contribution in [2.24, 2.45) is 0 Å². The van der Waals surface area contributed by atoms with Crippen LogP contribution in [0.4, 0.5) is 17.5 Å². The number of rotatable bonds is 5. The largest absolute Gasteiger partial charge is 0.378 e. The second kappa shape index (κ2) is 7.75. The molecule has 124 valence electrons. The zero-order valence-corrected chi connectivity index (χ0v) is 13.8. The number of anilines is 3. The topological polar surface area (TPSA) is 74.1 Å². The summed E-state index contributed by atoms with van der Waals surface area (Å²) in [7, 11) is 0. The lowest BCUT2D eigenvalue weighted by Gasteiger charge is -2.28. The third kappa shape index (κ3) is 4.00. The second-order valence-electron chi connectivity index (χ2n) is 5.71. The van der Waals surface area contributed by atoms with Crippen molar-refractivity contribution in [3.05, 3.63) is 41.6 Å². The summed E-state index contributed by atoms with van der Waals surface area (Å²) in [6.07, 6.45) is 1.94. The van der Waals surface area contributed by atoms with E-state index in [2.05, 4.69) is 39.2 Å². The van der Waals surface area contributed by atoms with Crippen LogP contribution in [0.15, 0.2) is 30.3 Å². The van der Waals surface area contributed by atoms with E-state index < -0.39 is 0 Å². The van der Waals surface area contributed by atoms with Crippen LogP contribution in [0.5, 0.6) is 0 Å². The molecule has 2 heterocycles. The van der Waals surface area contributed by atoms with Crippen LogP contribution in [0, 0.1) is 11.3 Å². The second-order valence-corrected chi connectivity index (χ2v) is 5.71. The monoisotopic (exact) mass is 323 g/mol. The van der Waals surface area contributed by atoms with Gasteiger partial charge in [-0.15, -0.1) is 0 Å². The molecular formula is C18H21N5O. The van der Waals surface area contributed by atoms with E-state index in [1.54, 1.807) is 12.1 Å². The van der Waals surface area contributed by atoms with Gasteiger partial charge in [0.2, 0.25) is 5.95 Å². The summed E-state index contributed by atoms with van der Waals surface area (Å²) in [5.74, 6) is 1.49. The number of hydrogen-bond acceptors (Lipinski definition) is 6. The van der Waals surface area contributed by atoms with Gasteiger partial charge in [-0.25, -0.2) is 4.98 Å². The van der Waals surface area contributed by atoms with Crippen LogP contribution in [0.2, 0.25) is 0 Å². The van der Waals surface area contributed by atoms with Gasteiger partial charge in [0.1, 0.15) is 5.82 Å². The predicted molar refractivity (Wildman–Crippen MR) is 93.5 cm³/mol. The minimum Gasteiger partial charge on any atom is -0.378 e. The fourth-order valence-corrected chi connectivity index (χ4v) is 2.67. The molecule has 0 atom stereocenters. The number of morpholine rings is 1. The summed E-state index contributed by atoms with van der Waals surface area (Å²) in [6.45, 7) is 5.26. The Hall–Kier alpha value is -2.65. The average Bonchev–Trinajstić information content (AvgIpc) is 2.63. The maximum absolute atomic E-state index is 9.03. The zero-order valence-electron chi connectivity index (χ0n) is 13.8. The lowest BCUT2D eigenvalue weighted by molar-refractivity contribution is 0.122. The van der Waals surface area contributed by atoms with Crippen LogP contribution >= 0.6 is 0 Å². The highest BCUT2D eigenvalue weighted by molar-refractivity contribution is 5.58. The van der Waals surface area contributed by atoms with Crippen LogP contribution in [-0.2, 0) is 11.2 Å². The smallest absolute Gasteiger partial charge is 0.229 e. The Balaban J connectivity index is 1.87. The molecule has 24 heavy (non-hydrogen) atoms. The molecule has 1 aromatic carbocycles. The van der Waals surface area contributed by atoms with E-state index in [1.165, 1.54) is 0 Å². The van der Waals surface area contributed by atoms with Gasteiger partial charge in [-0.2, -0.15) is 10.2 Å². The number of nitriles is 1. The summed E-state index contributed by atoms with van der Waals surface area (Å²) in [6, 6.07) is 11.5. The van der Waals surface area contributed by atoms with Crippen LogP contribution in [0.1, 0.15) is 24.6 Å². The van der Waals surface area contributed by atoms with Gasteiger partial charge >= 0.3 is 0 Å². The third-order valence-electron chi connectivity index (χ3n) is 3.85. The highest BCUT2D eigenvalue weighted by atomic mass is 16.5. The van der Waals surface area contributed by atoms with E-state index >= 15 is 0 Å². The van der Waals surface area contributed by atoms with Crippen LogP contribution < -0.4 is 10.2 Å². The molecule has 0 aliphatic carbocycles. The fourth-order valence-electron chi connectivity index (χ4n) is 2.67. The molecule has 6 heteroatoms. The van der Waals surface area contributed by atoms with E-state index in [-0.39, 0.29) is 0 Å². The average molecular weight is 323 g/mol. The molecule has 1 saturated heterocycles. The van der Waals surface area contributed by atoms with Gasteiger partial charge in [0.25, 0.3) is 0 Å². The van der Waals surface area contributed by atoms with Gasteiger partial charge in [-0.3, -0.25) is 0 Å². The summed E-state index contributed by atoms with van der Waals surface area (Å²) >= 11 is 0. The SMILES string of the molecule is CCCc1cc(N2CCOCC2)nc(Nc2cccc(C#N)c2)n1. The highest BCUT2D eigenvalue weighted by Gasteiger charge is 2.15. The minimum atomic E-state index is 0.567. The summed E-state index contributed by atoms with van der Waals surface area (Å²) in [4.78, 5) is 11.5. The van der Waals surface area contributed by atoms with Crippen molar-refractivity contribution >= 4 is 17.5 Å². The molecule has 3 rings (SSSR count). The molecule has 6 nitrogen and oxygen atoms in total. The molecule has 0 radical (unpaired) electrons. The Labute approximate surface area is 142 Å². The standard InChI is InChI=1S/C18H21N5O/c1-2-4-15-12-17(23-7-9-24-10-8-23)22-18(20-15)21-16-6-3-5-14(11-16)13-19/h3,5-6,11-12H,2,4,7-10H2,1H3,(H,20,21,22). The number of aromatic nitrogens is 2. The first kappa shape index (κ1) is 16.2. The Bertz CT molecular complexity index is 734. The lowest BCUT2D eigenvalue weighted by Crippen LogP contribution is -2.37. The molecule has 0 unspecified atom stereocenters. The Kier molecular flexibility index (Phi) is 5.24. The van der Waals surface area contributed by atoms with Crippen molar-refractivity contribution in [1.29, 1.82) is 5.26 Å². The molecule has 0 saturated carbocycles. The van der Waals surface area contributed by atoms with Crippen molar-refractivity contribution in [3.63, 3.8) is 0 Å². The van der Waals surface area contributed by atoms with E-state index in [9.17, 15) is 0 Å². The molecule has 2 aromatic rings. The quantitative estimate of drug-likeness (QED) is 0.912. The molecule has 0 amide bonds. The van der Waals surface area contributed by atoms with Gasteiger partial charge in [-0.05, 0) is 24.6 Å². The predicted octanol–water partition coefficient (Wildman–Crippen LogP) is 2.88. The van der Waals surface area contributed by atoms with E-state index in [0.29, 0.717) is 11.5 Å². The van der Waals surface area contributed by atoms with Crippen LogP contribution in [0.25, 0.3) is 0 Å². The maximum atomic E-state index is 9.03. The van der Waals surface area contributed by atoms with E-state index in [0.717, 1.165) is 56.3 Å². The Morgan fingerprint density at radius 3 is 2.83 bits per heavy atom. The molecule has 0 bridgehead atoms. The van der Waals surface area contributed by atoms with Crippen molar-refractivity contribution in [2.45, 2.75) is 19.8 Å². The Morgan fingerprint density at radius 2 is 2.08 bits per heavy atom. The van der Waals surface area contributed by atoms with Gasteiger partial charge < -0.3 is 15.0 Å². The fraction of sp³-hybridized carbons (Fsp3) is 0.389. The number of hydrogen-bond donors (Lipinski definition) is 1. The molecule has 1 aromatic heterocycles. The molecule has 1 aliphatic rings. The number of nitrogens with one attached hydrogen (secondary N) is 1. The number of ether oxygens (including phenoxy) is 1. The number of aryl methyl sites for hydroxylation is 1. The van der Waals surface area contributed by atoms with Gasteiger partial charge in [0.15, 0.2) is 0 Å². The van der Waals surface area contributed by atoms with Gasteiger partial charge in [0, 0.05) is 30.5 Å². The highest BCUT2D eigenvalue weighted by Crippen LogP contribution is 2.20. The zero-order chi connectivity index (χ0) is 16.8. The van der Waals surface area contributed by atoms with Gasteiger partial charge in [-0.1, -0.05) is 19.4 Å². The molecular weight excluding hydrogens is 302 g/mol. The molecule has 0 spiro atoms. The maximum Gasteiger partial charge on any atom is 0.229 e. The summed E-state index contributed by atoms with van der Waals surface area (Å²) in [5.41, 5.74) is 2.45. The van der Waals surface area contributed by atoms with Crippen molar-refractivity contribution in [3.8, 4) is 6.07 Å². The lowest BCUT2D eigenvalue weighted by atomic mass is 10.2. The number of benzene rings is 1. The first-order chi connectivity index (χ1) is 11.8. The molecule has 1 N–H and O–H groups in total. The Morgan fingerprint density at radius 1 is 1.25 bits per heavy atom. The van der Waals surface area contributed by atoms with Crippen molar-refractivity contribution in [2.75, 3.05) is 36.5 Å². The van der Waals surface area contributed by atoms with Gasteiger partial charge in [0.05, 0.1) is 24.8 Å². The molecule has 1 aliphatic heterocycles. The van der Waals surface area contributed by atoms with Crippen LogP contribution in [-0.4, -0.2) is 36.3 Å². The first-order valence-corrected chi connectivity index (χ1v) is 8.26. The summed E-state index contributed by atoms with van der Waals surface area (Å²) in [5, 5.41) is 12.3. The normalized spacial score (nSPS) is 14.2. The van der Waals surface area contributed by atoms with Crippen LogP contribution in [0.3, 0.4) is 0 Å². The van der Waals surface area contributed by atoms with Crippen molar-refractivity contribution in [1.82, 2.24) is 9.97 Å².